The van der Waals surface area contributed by atoms with Gasteiger partial charge in [-0.25, -0.2) is 4.68 Å². The Hall–Kier alpha value is -1.91. The highest BCUT2D eigenvalue weighted by molar-refractivity contribution is 5.53. The Kier molecular flexibility index (Phi) is 3.66. The second-order valence-corrected chi connectivity index (χ2v) is 6.86. The van der Waals surface area contributed by atoms with Crippen molar-refractivity contribution in [3.63, 3.8) is 0 Å². The molecule has 1 unspecified atom stereocenters. The average Bonchev–Trinajstić information content (AvgIpc) is 2.91. The van der Waals surface area contributed by atoms with Gasteiger partial charge < -0.3 is 5.32 Å². The summed E-state index contributed by atoms with van der Waals surface area (Å²) in [6.07, 6.45) is 6.77. The number of nitrogens with one attached hydrogen (secondary N) is 1. The van der Waals surface area contributed by atoms with Crippen LogP contribution in [0.3, 0.4) is 0 Å². The van der Waals surface area contributed by atoms with Gasteiger partial charge in [0.1, 0.15) is 6.33 Å². The zero-order valence-corrected chi connectivity index (χ0v) is 13.0. The number of anilines is 1. The lowest BCUT2D eigenvalue weighted by atomic mass is 9.75. The van der Waals surface area contributed by atoms with Gasteiger partial charge in [-0.1, -0.05) is 20.3 Å². The van der Waals surface area contributed by atoms with Gasteiger partial charge in [-0.3, -0.25) is 0 Å². The smallest absolute Gasteiger partial charge is 0.143 e. The summed E-state index contributed by atoms with van der Waals surface area (Å²) in [5.74, 6) is 0. The number of hydrogen-bond donors (Lipinski definition) is 1. The van der Waals surface area contributed by atoms with E-state index in [1.807, 2.05) is 0 Å². The molecule has 0 amide bonds. The fourth-order valence-corrected chi connectivity index (χ4v) is 3.33. The summed E-state index contributed by atoms with van der Waals surface area (Å²) in [4.78, 5) is 0. The van der Waals surface area contributed by atoms with Crippen LogP contribution >= 0.6 is 0 Å². The quantitative estimate of drug-likeness (QED) is 0.939. The van der Waals surface area contributed by atoms with Crippen LogP contribution in [0.1, 0.15) is 45.1 Å². The molecule has 3 rings (SSSR count). The summed E-state index contributed by atoms with van der Waals surface area (Å²) < 4.78 is 1.70. The van der Waals surface area contributed by atoms with Crippen molar-refractivity contribution in [2.24, 2.45) is 5.41 Å². The van der Waals surface area contributed by atoms with Gasteiger partial charge in [0, 0.05) is 11.7 Å². The average molecular weight is 285 g/mol. The standard InChI is InChI=1S/C16H23N5/c1-12-9-13(6-7-15(12)21-11-17-19-20-21)18-14-5-4-8-16(2,3)10-14/h6-7,9,11,14,18H,4-5,8,10H2,1-3H3. The predicted octanol–water partition coefficient (Wildman–Crippen LogP) is 3.35. The van der Waals surface area contributed by atoms with Gasteiger partial charge in [-0.05, 0) is 65.8 Å². The Bertz CT molecular complexity index is 603. The molecule has 1 fully saturated rings. The van der Waals surface area contributed by atoms with Crippen molar-refractivity contribution in [1.82, 2.24) is 20.2 Å². The van der Waals surface area contributed by atoms with E-state index in [-0.39, 0.29) is 0 Å². The lowest BCUT2D eigenvalue weighted by Crippen LogP contribution is -2.31. The van der Waals surface area contributed by atoms with Crippen molar-refractivity contribution in [3.05, 3.63) is 30.1 Å². The minimum atomic E-state index is 0.456. The van der Waals surface area contributed by atoms with Crippen molar-refractivity contribution < 1.29 is 0 Å². The predicted molar refractivity (Wildman–Crippen MR) is 83.6 cm³/mol. The fraction of sp³-hybridized carbons (Fsp3) is 0.562. The molecule has 1 saturated carbocycles. The van der Waals surface area contributed by atoms with E-state index in [4.69, 9.17) is 0 Å². The number of benzene rings is 1. The van der Waals surface area contributed by atoms with Gasteiger partial charge in [-0.15, -0.1) is 5.10 Å². The van der Waals surface area contributed by atoms with Crippen LogP contribution in [-0.2, 0) is 0 Å². The SMILES string of the molecule is Cc1cc(NC2CCCC(C)(C)C2)ccc1-n1cnnn1. The molecule has 5 nitrogen and oxygen atoms in total. The van der Waals surface area contributed by atoms with E-state index in [1.54, 1.807) is 11.0 Å². The first-order valence-corrected chi connectivity index (χ1v) is 7.64. The molecule has 0 radical (unpaired) electrons. The third-order valence-corrected chi connectivity index (χ3v) is 4.37. The Morgan fingerprint density at radius 1 is 1.33 bits per heavy atom. The molecule has 1 aliphatic carbocycles. The monoisotopic (exact) mass is 285 g/mol. The van der Waals surface area contributed by atoms with E-state index in [9.17, 15) is 0 Å². The number of hydrogen-bond acceptors (Lipinski definition) is 4. The highest BCUT2D eigenvalue weighted by Gasteiger charge is 2.27. The van der Waals surface area contributed by atoms with E-state index >= 15 is 0 Å². The summed E-state index contributed by atoms with van der Waals surface area (Å²) in [6, 6.07) is 6.94. The van der Waals surface area contributed by atoms with Crippen molar-refractivity contribution in [2.45, 2.75) is 52.5 Å². The first-order chi connectivity index (χ1) is 10.0. The zero-order chi connectivity index (χ0) is 14.9. The normalized spacial score (nSPS) is 21.2. The molecule has 1 aromatic heterocycles. The molecule has 0 spiro atoms. The highest BCUT2D eigenvalue weighted by atomic mass is 15.5. The topological polar surface area (TPSA) is 55.6 Å². The zero-order valence-electron chi connectivity index (χ0n) is 13.0. The van der Waals surface area contributed by atoms with Crippen molar-refractivity contribution in [3.8, 4) is 5.69 Å². The van der Waals surface area contributed by atoms with E-state index < -0.39 is 0 Å². The van der Waals surface area contributed by atoms with E-state index in [0.29, 0.717) is 11.5 Å². The van der Waals surface area contributed by atoms with Gasteiger partial charge in [0.05, 0.1) is 5.69 Å². The number of aryl methyl sites for hydroxylation is 1. The lowest BCUT2D eigenvalue weighted by molar-refractivity contribution is 0.229. The Labute approximate surface area is 125 Å². The third kappa shape index (κ3) is 3.23. The van der Waals surface area contributed by atoms with E-state index in [2.05, 4.69) is 59.8 Å². The molecule has 1 aliphatic rings. The Morgan fingerprint density at radius 2 is 2.19 bits per heavy atom. The third-order valence-electron chi connectivity index (χ3n) is 4.37. The van der Waals surface area contributed by atoms with Gasteiger partial charge in [0.25, 0.3) is 0 Å². The van der Waals surface area contributed by atoms with Crippen LogP contribution in [0.4, 0.5) is 5.69 Å². The van der Waals surface area contributed by atoms with Crippen molar-refractivity contribution >= 4 is 5.69 Å². The minimum absolute atomic E-state index is 0.456. The molecule has 1 N–H and O–H groups in total. The molecule has 0 saturated heterocycles. The maximum Gasteiger partial charge on any atom is 0.143 e. The van der Waals surface area contributed by atoms with E-state index in [1.165, 1.54) is 36.9 Å². The van der Waals surface area contributed by atoms with Crippen LogP contribution in [0.5, 0.6) is 0 Å². The number of aromatic nitrogens is 4. The summed E-state index contributed by atoms with van der Waals surface area (Å²) in [5.41, 5.74) is 3.83. The van der Waals surface area contributed by atoms with Crippen molar-refractivity contribution in [1.29, 1.82) is 0 Å². The molecule has 0 bridgehead atoms. The van der Waals surface area contributed by atoms with Gasteiger partial charge in [0.2, 0.25) is 0 Å². The second kappa shape index (κ2) is 5.47. The second-order valence-electron chi connectivity index (χ2n) is 6.86. The van der Waals surface area contributed by atoms with Crippen LogP contribution in [0.25, 0.3) is 5.69 Å². The molecule has 1 atom stereocenters. The van der Waals surface area contributed by atoms with Gasteiger partial charge in [0.15, 0.2) is 0 Å². The largest absolute Gasteiger partial charge is 0.382 e. The molecule has 2 aromatic rings. The van der Waals surface area contributed by atoms with Gasteiger partial charge >= 0.3 is 0 Å². The van der Waals surface area contributed by atoms with Crippen molar-refractivity contribution in [2.75, 3.05) is 5.32 Å². The molecule has 1 aromatic carbocycles. The summed E-state index contributed by atoms with van der Waals surface area (Å²) in [5, 5.41) is 15.0. The summed E-state index contributed by atoms with van der Waals surface area (Å²) >= 11 is 0. The van der Waals surface area contributed by atoms with Crippen LogP contribution in [0.2, 0.25) is 0 Å². The van der Waals surface area contributed by atoms with Crippen LogP contribution in [0.15, 0.2) is 24.5 Å². The minimum Gasteiger partial charge on any atom is -0.382 e. The molecule has 1 heterocycles. The lowest BCUT2D eigenvalue weighted by Gasteiger charge is -2.36. The maximum atomic E-state index is 3.95. The molecular formula is C16H23N5. The Balaban J connectivity index is 1.74. The maximum absolute atomic E-state index is 3.95. The first-order valence-electron chi connectivity index (χ1n) is 7.64. The first kappa shape index (κ1) is 14.0. The summed E-state index contributed by atoms with van der Waals surface area (Å²) in [6.45, 7) is 6.83. The molecule has 5 heteroatoms. The molecular weight excluding hydrogens is 262 g/mol. The molecule has 0 aliphatic heterocycles. The summed E-state index contributed by atoms with van der Waals surface area (Å²) in [7, 11) is 0. The Morgan fingerprint density at radius 3 is 2.86 bits per heavy atom. The van der Waals surface area contributed by atoms with Crippen LogP contribution in [0, 0.1) is 12.3 Å². The number of rotatable bonds is 3. The highest BCUT2D eigenvalue weighted by Crippen LogP contribution is 2.36. The number of nitrogens with zero attached hydrogens (tertiary/aromatic N) is 4. The van der Waals surface area contributed by atoms with Crippen LogP contribution in [-0.4, -0.2) is 26.2 Å². The fourth-order valence-electron chi connectivity index (χ4n) is 3.33. The molecule has 21 heavy (non-hydrogen) atoms. The van der Waals surface area contributed by atoms with Crippen LogP contribution < -0.4 is 5.32 Å². The number of tetrazole rings is 1. The van der Waals surface area contributed by atoms with E-state index in [0.717, 1.165) is 5.69 Å². The molecule has 112 valence electrons. The van der Waals surface area contributed by atoms with Gasteiger partial charge in [-0.2, -0.15) is 0 Å².